The summed E-state index contributed by atoms with van der Waals surface area (Å²) in [6.07, 6.45) is 5.00. The number of hydrogen-bond donors (Lipinski definition) is 1. The van der Waals surface area contributed by atoms with Crippen molar-refractivity contribution in [2.45, 2.75) is 24.8 Å². The molecule has 0 saturated carbocycles. The minimum absolute atomic E-state index is 0.00635. The largest absolute Gasteiger partial charge is 0.452 e. The fourth-order valence-electron chi connectivity index (χ4n) is 1.67. The molecule has 0 unspecified atom stereocenters. The average molecular weight is 387 g/mol. The highest BCUT2D eigenvalue weighted by Gasteiger charge is 2.25. The number of halogens is 1. The molecule has 0 aliphatic carbocycles. The second-order valence-corrected chi connectivity index (χ2v) is 7.72. The summed E-state index contributed by atoms with van der Waals surface area (Å²) in [5.74, 6) is 0.716. The van der Waals surface area contributed by atoms with Crippen LogP contribution in [0, 0.1) is 12.3 Å². The maximum Gasteiger partial charge on any atom is 0.340 e. The lowest BCUT2D eigenvalue weighted by Crippen LogP contribution is -2.33. The highest BCUT2D eigenvalue weighted by atomic mass is 35.5. The van der Waals surface area contributed by atoms with E-state index in [0.29, 0.717) is 0 Å². The van der Waals surface area contributed by atoms with Crippen LogP contribution < -0.4 is 5.32 Å². The summed E-state index contributed by atoms with van der Waals surface area (Å²) >= 11 is 5.95. The van der Waals surface area contributed by atoms with Crippen LogP contribution >= 0.6 is 11.6 Å². The van der Waals surface area contributed by atoms with Crippen molar-refractivity contribution in [2.24, 2.45) is 0 Å². The number of carbonyl (C=O) groups excluding carboxylic acids is 2. The van der Waals surface area contributed by atoms with Gasteiger partial charge in [0.2, 0.25) is 10.0 Å². The van der Waals surface area contributed by atoms with Gasteiger partial charge in [-0.2, -0.15) is 4.31 Å². The van der Waals surface area contributed by atoms with Crippen molar-refractivity contribution in [2.75, 3.05) is 20.2 Å². The number of ether oxygens (including phenoxy) is 1. The van der Waals surface area contributed by atoms with E-state index in [0.717, 1.165) is 6.07 Å². The number of benzene rings is 1. The Labute approximate surface area is 152 Å². The SMILES string of the molecule is C#CCNC(=O)COC(=O)c1cc(S(=O)(=O)N(C)C(C)C)ccc1Cl. The third-order valence-electron chi connectivity index (χ3n) is 3.28. The molecular formula is C16H19ClN2O5S. The minimum atomic E-state index is -3.79. The number of terminal acetylenes is 1. The molecule has 25 heavy (non-hydrogen) atoms. The van der Waals surface area contributed by atoms with Crippen LogP contribution in [-0.4, -0.2) is 50.8 Å². The van der Waals surface area contributed by atoms with E-state index in [2.05, 4.69) is 11.2 Å². The first-order chi connectivity index (χ1) is 11.6. The van der Waals surface area contributed by atoms with Crippen LogP contribution in [0.4, 0.5) is 0 Å². The molecule has 0 bridgehead atoms. The van der Waals surface area contributed by atoms with Crippen LogP contribution in [0.3, 0.4) is 0 Å². The Morgan fingerprint density at radius 1 is 1.40 bits per heavy atom. The predicted molar refractivity (Wildman–Crippen MR) is 93.7 cm³/mol. The quantitative estimate of drug-likeness (QED) is 0.562. The number of nitrogens with one attached hydrogen (secondary N) is 1. The van der Waals surface area contributed by atoms with Gasteiger partial charge in [0.1, 0.15) is 0 Å². The number of amides is 1. The fourth-order valence-corrected chi connectivity index (χ4v) is 3.26. The van der Waals surface area contributed by atoms with E-state index in [1.165, 1.54) is 23.5 Å². The second-order valence-electron chi connectivity index (χ2n) is 5.31. The molecule has 0 heterocycles. The van der Waals surface area contributed by atoms with Crippen molar-refractivity contribution in [1.82, 2.24) is 9.62 Å². The molecule has 1 N–H and O–H groups in total. The molecule has 1 amide bonds. The first-order valence-electron chi connectivity index (χ1n) is 7.26. The van der Waals surface area contributed by atoms with Gasteiger partial charge in [-0.05, 0) is 32.0 Å². The van der Waals surface area contributed by atoms with Gasteiger partial charge in [0, 0.05) is 13.1 Å². The Bertz CT molecular complexity index is 799. The summed E-state index contributed by atoms with van der Waals surface area (Å²) in [7, 11) is -2.36. The second kappa shape index (κ2) is 8.85. The number of carbonyl (C=O) groups is 2. The summed E-state index contributed by atoms with van der Waals surface area (Å²) in [6, 6.07) is 3.44. The molecule has 9 heteroatoms. The van der Waals surface area contributed by atoms with Crippen molar-refractivity contribution in [3.05, 3.63) is 28.8 Å². The summed E-state index contributed by atoms with van der Waals surface area (Å²) in [6.45, 7) is 2.89. The van der Waals surface area contributed by atoms with Crippen LogP contribution in [0.1, 0.15) is 24.2 Å². The summed E-state index contributed by atoms with van der Waals surface area (Å²) in [5.41, 5.74) is -0.148. The molecule has 0 atom stereocenters. The van der Waals surface area contributed by atoms with Gasteiger partial charge in [-0.3, -0.25) is 4.79 Å². The van der Waals surface area contributed by atoms with Crippen LogP contribution in [0.25, 0.3) is 0 Å². The Kier molecular flexibility index (Phi) is 7.42. The smallest absolute Gasteiger partial charge is 0.340 e. The van der Waals surface area contributed by atoms with Gasteiger partial charge in [-0.1, -0.05) is 17.5 Å². The highest BCUT2D eigenvalue weighted by Crippen LogP contribution is 2.24. The number of esters is 1. The number of sulfonamides is 1. The van der Waals surface area contributed by atoms with Gasteiger partial charge in [0.15, 0.2) is 6.61 Å². The molecule has 0 aromatic heterocycles. The molecule has 0 fully saturated rings. The van der Waals surface area contributed by atoms with Crippen molar-refractivity contribution in [3.8, 4) is 12.3 Å². The fraction of sp³-hybridized carbons (Fsp3) is 0.375. The summed E-state index contributed by atoms with van der Waals surface area (Å²) in [5, 5.41) is 2.34. The monoisotopic (exact) mass is 386 g/mol. The van der Waals surface area contributed by atoms with Gasteiger partial charge in [0.05, 0.1) is 22.0 Å². The van der Waals surface area contributed by atoms with Gasteiger partial charge < -0.3 is 10.1 Å². The molecule has 0 aliphatic rings. The van der Waals surface area contributed by atoms with E-state index in [9.17, 15) is 18.0 Å². The summed E-state index contributed by atoms with van der Waals surface area (Å²) in [4.78, 5) is 23.4. The van der Waals surface area contributed by atoms with E-state index in [1.54, 1.807) is 13.8 Å². The minimum Gasteiger partial charge on any atom is -0.452 e. The van der Waals surface area contributed by atoms with Gasteiger partial charge in [0.25, 0.3) is 5.91 Å². The van der Waals surface area contributed by atoms with Gasteiger partial charge >= 0.3 is 5.97 Å². The number of hydrogen-bond acceptors (Lipinski definition) is 5. The third kappa shape index (κ3) is 5.46. The molecule has 0 aliphatic heterocycles. The molecule has 0 spiro atoms. The number of nitrogens with zero attached hydrogens (tertiary/aromatic N) is 1. The Hall–Kier alpha value is -2.08. The lowest BCUT2D eigenvalue weighted by atomic mass is 10.2. The zero-order valence-electron chi connectivity index (χ0n) is 14.1. The maximum absolute atomic E-state index is 12.5. The lowest BCUT2D eigenvalue weighted by Gasteiger charge is -2.21. The molecule has 1 rings (SSSR count). The summed E-state index contributed by atoms with van der Waals surface area (Å²) < 4.78 is 31.0. The molecule has 7 nitrogen and oxygen atoms in total. The first kappa shape index (κ1) is 21.0. The Balaban J connectivity index is 3.00. The van der Waals surface area contributed by atoms with Crippen molar-refractivity contribution < 1.29 is 22.7 Å². The third-order valence-corrected chi connectivity index (χ3v) is 5.64. The van der Waals surface area contributed by atoms with Crippen LogP contribution in [0.5, 0.6) is 0 Å². The van der Waals surface area contributed by atoms with E-state index in [-0.39, 0.29) is 28.1 Å². The van der Waals surface area contributed by atoms with Crippen LogP contribution in [0.15, 0.2) is 23.1 Å². The first-order valence-corrected chi connectivity index (χ1v) is 9.08. The zero-order chi connectivity index (χ0) is 19.2. The van der Waals surface area contributed by atoms with E-state index in [4.69, 9.17) is 22.8 Å². The van der Waals surface area contributed by atoms with Gasteiger partial charge in [-0.25, -0.2) is 13.2 Å². The molecule has 1 aromatic carbocycles. The predicted octanol–water partition coefficient (Wildman–Crippen LogP) is 1.28. The zero-order valence-corrected chi connectivity index (χ0v) is 15.6. The normalized spacial score (nSPS) is 11.2. The molecule has 0 saturated heterocycles. The molecule has 136 valence electrons. The molecule has 1 aromatic rings. The van der Waals surface area contributed by atoms with Crippen molar-refractivity contribution >= 4 is 33.5 Å². The van der Waals surface area contributed by atoms with E-state index < -0.39 is 28.5 Å². The van der Waals surface area contributed by atoms with Crippen molar-refractivity contribution in [1.29, 1.82) is 0 Å². The van der Waals surface area contributed by atoms with Crippen molar-refractivity contribution in [3.63, 3.8) is 0 Å². The topological polar surface area (TPSA) is 92.8 Å². The highest BCUT2D eigenvalue weighted by molar-refractivity contribution is 7.89. The lowest BCUT2D eigenvalue weighted by molar-refractivity contribution is -0.123. The maximum atomic E-state index is 12.5. The van der Waals surface area contributed by atoms with E-state index >= 15 is 0 Å². The van der Waals surface area contributed by atoms with Crippen LogP contribution in [0.2, 0.25) is 5.02 Å². The van der Waals surface area contributed by atoms with Gasteiger partial charge in [-0.15, -0.1) is 6.42 Å². The Morgan fingerprint density at radius 3 is 2.60 bits per heavy atom. The average Bonchev–Trinajstić information content (AvgIpc) is 2.57. The molecular weight excluding hydrogens is 368 g/mol. The molecule has 0 radical (unpaired) electrons. The standard InChI is InChI=1S/C16H19ClN2O5S/c1-5-8-18-15(20)10-24-16(21)13-9-12(6-7-14(13)17)25(22,23)19(4)11(2)3/h1,6-7,9,11H,8,10H2,2-4H3,(H,18,20). The van der Waals surface area contributed by atoms with E-state index in [1.807, 2.05) is 0 Å². The van der Waals surface area contributed by atoms with Crippen LogP contribution in [-0.2, 0) is 19.6 Å². The number of rotatable bonds is 7. The Morgan fingerprint density at radius 2 is 2.04 bits per heavy atom.